The number of benzene rings is 2. The highest BCUT2D eigenvalue weighted by Gasteiger charge is 2.14. The largest absolute Gasteiger partial charge is 0.303 e. The van der Waals surface area contributed by atoms with Gasteiger partial charge in [-0.1, -0.05) is 64.2 Å². The number of nitrogens with zero attached hydrogens (tertiary/aromatic N) is 2. The van der Waals surface area contributed by atoms with Gasteiger partial charge in [0.25, 0.3) is 5.91 Å². The molecule has 1 heterocycles. The summed E-state index contributed by atoms with van der Waals surface area (Å²) in [4.78, 5) is 17.3. The standard InChI is InChI=1S/C20H16Cl2N2OS/c1-4-9-24-18-15(21)7-8-16(22)19(18)26-20(24)23-17(25)11-14-6-5-12(2)10-13(14)3/h1,5-8,10H,9,11H2,2-3H3. The lowest BCUT2D eigenvalue weighted by molar-refractivity contribution is -0.117. The Morgan fingerprint density at radius 2 is 1.96 bits per heavy atom. The lowest BCUT2D eigenvalue weighted by Crippen LogP contribution is -2.17. The molecule has 0 aliphatic rings. The van der Waals surface area contributed by atoms with E-state index >= 15 is 0 Å². The zero-order valence-corrected chi connectivity index (χ0v) is 16.7. The van der Waals surface area contributed by atoms with Crippen LogP contribution in [0.25, 0.3) is 10.2 Å². The van der Waals surface area contributed by atoms with E-state index in [1.165, 1.54) is 11.3 Å². The molecular formula is C20H16Cl2N2OS. The number of rotatable bonds is 3. The van der Waals surface area contributed by atoms with Gasteiger partial charge in [0.1, 0.15) is 0 Å². The van der Waals surface area contributed by atoms with Gasteiger partial charge in [0, 0.05) is 0 Å². The van der Waals surface area contributed by atoms with Crippen molar-refractivity contribution < 1.29 is 4.79 Å². The summed E-state index contributed by atoms with van der Waals surface area (Å²) in [6.45, 7) is 4.28. The van der Waals surface area contributed by atoms with Gasteiger partial charge in [-0.3, -0.25) is 4.79 Å². The van der Waals surface area contributed by atoms with Gasteiger partial charge in [-0.05, 0) is 37.1 Å². The fourth-order valence-corrected chi connectivity index (χ4v) is 4.45. The van der Waals surface area contributed by atoms with E-state index in [1.807, 2.05) is 26.0 Å². The average Bonchev–Trinajstić information content (AvgIpc) is 2.94. The minimum atomic E-state index is -0.235. The van der Waals surface area contributed by atoms with Crippen LogP contribution in [0.3, 0.4) is 0 Å². The zero-order valence-electron chi connectivity index (χ0n) is 14.3. The summed E-state index contributed by atoms with van der Waals surface area (Å²) in [5.41, 5.74) is 3.91. The van der Waals surface area contributed by atoms with Crippen LogP contribution in [0.4, 0.5) is 0 Å². The Bertz CT molecular complexity index is 1120. The molecule has 26 heavy (non-hydrogen) atoms. The van der Waals surface area contributed by atoms with Crippen molar-refractivity contribution in [3.8, 4) is 12.3 Å². The van der Waals surface area contributed by atoms with Crippen LogP contribution in [0.15, 0.2) is 35.3 Å². The van der Waals surface area contributed by atoms with Crippen molar-refractivity contribution in [1.29, 1.82) is 0 Å². The van der Waals surface area contributed by atoms with Gasteiger partial charge >= 0.3 is 0 Å². The monoisotopic (exact) mass is 402 g/mol. The van der Waals surface area contributed by atoms with Crippen molar-refractivity contribution in [3.05, 3.63) is 61.9 Å². The highest BCUT2D eigenvalue weighted by atomic mass is 35.5. The van der Waals surface area contributed by atoms with Gasteiger partial charge in [-0.2, -0.15) is 4.99 Å². The second-order valence-corrected chi connectivity index (χ2v) is 7.79. The fraction of sp³-hybridized carbons (Fsp3) is 0.200. The molecule has 0 bridgehead atoms. The fourth-order valence-electron chi connectivity index (χ4n) is 2.79. The van der Waals surface area contributed by atoms with Crippen LogP contribution in [-0.4, -0.2) is 10.5 Å². The summed E-state index contributed by atoms with van der Waals surface area (Å²) in [5, 5.41) is 1.09. The van der Waals surface area contributed by atoms with Crippen LogP contribution in [0.2, 0.25) is 10.0 Å². The smallest absolute Gasteiger partial charge is 0.252 e. The maximum absolute atomic E-state index is 12.5. The van der Waals surface area contributed by atoms with Crippen LogP contribution in [0.5, 0.6) is 0 Å². The Morgan fingerprint density at radius 3 is 2.65 bits per heavy atom. The lowest BCUT2D eigenvalue weighted by Gasteiger charge is -2.04. The van der Waals surface area contributed by atoms with Gasteiger partial charge in [-0.25, -0.2) is 0 Å². The number of thiazole rings is 1. The van der Waals surface area contributed by atoms with E-state index in [9.17, 15) is 4.79 Å². The first kappa shape index (κ1) is 18.7. The number of fused-ring (bicyclic) bond motifs is 1. The SMILES string of the molecule is C#CCn1c(=NC(=O)Cc2ccc(C)cc2C)sc2c(Cl)ccc(Cl)c21. The highest BCUT2D eigenvalue weighted by Crippen LogP contribution is 2.31. The second kappa shape index (κ2) is 7.67. The van der Waals surface area contributed by atoms with E-state index in [1.54, 1.807) is 16.7 Å². The second-order valence-electron chi connectivity index (χ2n) is 5.99. The zero-order chi connectivity index (χ0) is 18.8. The number of aromatic nitrogens is 1. The highest BCUT2D eigenvalue weighted by molar-refractivity contribution is 7.17. The van der Waals surface area contributed by atoms with E-state index in [2.05, 4.69) is 17.0 Å². The summed E-state index contributed by atoms with van der Waals surface area (Å²) >= 11 is 13.9. The van der Waals surface area contributed by atoms with Crippen molar-refractivity contribution in [2.24, 2.45) is 4.99 Å². The molecule has 0 saturated heterocycles. The van der Waals surface area contributed by atoms with Gasteiger partial charge in [0.2, 0.25) is 0 Å². The Labute approximate surface area is 165 Å². The van der Waals surface area contributed by atoms with Crippen LogP contribution in [-0.2, 0) is 17.8 Å². The molecule has 6 heteroatoms. The molecule has 132 valence electrons. The Hall–Kier alpha value is -2.06. The molecule has 0 aliphatic heterocycles. The molecule has 0 fully saturated rings. The Morgan fingerprint density at radius 1 is 1.23 bits per heavy atom. The van der Waals surface area contributed by atoms with E-state index in [0.29, 0.717) is 20.4 Å². The van der Waals surface area contributed by atoms with Crippen LogP contribution in [0, 0.1) is 26.2 Å². The maximum atomic E-state index is 12.5. The number of halogens is 2. The number of carbonyl (C=O) groups is 1. The predicted octanol–water partition coefficient (Wildman–Crippen LogP) is 4.93. The summed E-state index contributed by atoms with van der Waals surface area (Å²) in [5.74, 6) is 2.35. The third kappa shape index (κ3) is 3.71. The van der Waals surface area contributed by atoms with Gasteiger partial charge < -0.3 is 4.57 Å². The number of aryl methyl sites for hydroxylation is 2. The molecule has 0 unspecified atom stereocenters. The molecule has 1 amide bonds. The molecule has 3 rings (SSSR count). The molecule has 0 spiro atoms. The first-order chi connectivity index (χ1) is 12.4. The number of carbonyl (C=O) groups excluding carboxylic acids is 1. The van der Waals surface area contributed by atoms with Gasteiger partial charge in [0.05, 0.1) is 33.2 Å². The van der Waals surface area contributed by atoms with Gasteiger partial charge in [0.15, 0.2) is 4.80 Å². The minimum Gasteiger partial charge on any atom is -0.303 e. The Kier molecular flexibility index (Phi) is 5.52. The van der Waals surface area contributed by atoms with Crippen LogP contribution in [0.1, 0.15) is 16.7 Å². The molecule has 0 N–H and O–H groups in total. The molecular weight excluding hydrogens is 387 g/mol. The first-order valence-corrected chi connectivity index (χ1v) is 9.52. The quantitative estimate of drug-likeness (QED) is 0.571. The molecule has 0 atom stereocenters. The molecule has 3 aromatic rings. The average molecular weight is 403 g/mol. The number of hydrogen-bond acceptors (Lipinski definition) is 2. The van der Waals surface area contributed by atoms with Crippen molar-refractivity contribution in [3.63, 3.8) is 0 Å². The number of amides is 1. The van der Waals surface area contributed by atoms with E-state index in [-0.39, 0.29) is 18.9 Å². The molecule has 0 saturated carbocycles. The van der Waals surface area contributed by atoms with Gasteiger partial charge in [-0.15, -0.1) is 6.42 Å². The van der Waals surface area contributed by atoms with E-state index in [4.69, 9.17) is 29.6 Å². The molecule has 2 aromatic carbocycles. The topological polar surface area (TPSA) is 34.4 Å². The van der Waals surface area contributed by atoms with Crippen LogP contribution < -0.4 is 4.80 Å². The van der Waals surface area contributed by atoms with Crippen molar-refractivity contribution in [2.45, 2.75) is 26.8 Å². The maximum Gasteiger partial charge on any atom is 0.252 e. The summed E-state index contributed by atoms with van der Waals surface area (Å²) < 4.78 is 2.53. The summed E-state index contributed by atoms with van der Waals surface area (Å²) in [6, 6.07) is 9.46. The summed E-state index contributed by atoms with van der Waals surface area (Å²) in [7, 11) is 0. The van der Waals surface area contributed by atoms with E-state index in [0.717, 1.165) is 21.4 Å². The number of hydrogen-bond donors (Lipinski definition) is 0. The first-order valence-electron chi connectivity index (χ1n) is 7.95. The third-order valence-electron chi connectivity index (χ3n) is 4.04. The molecule has 0 radical (unpaired) electrons. The lowest BCUT2D eigenvalue weighted by atomic mass is 10.0. The predicted molar refractivity (Wildman–Crippen MR) is 109 cm³/mol. The number of terminal acetylenes is 1. The van der Waals surface area contributed by atoms with Crippen molar-refractivity contribution in [2.75, 3.05) is 0 Å². The van der Waals surface area contributed by atoms with E-state index < -0.39 is 0 Å². The molecule has 0 aliphatic carbocycles. The summed E-state index contributed by atoms with van der Waals surface area (Å²) in [6.07, 6.45) is 5.72. The minimum absolute atomic E-state index is 0.234. The normalized spacial score (nSPS) is 11.7. The molecule has 3 nitrogen and oxygen atoms in total. The van der Waals surface area contributed by atoms with Crippen molar-refractivity contribution >= 4 is 50.7 Å². The Balaban J connectivity index is 2.07. The van der Waals surface area contributed by atoms with Crippen molar-refractivity contribution in [1.82, 2.24) is 4.57 Å². The third-order valence-corrected chi connectivity index (χ3v) is 5.88. The molecule has 1 aromatic heterocycles. The van der Waals surface area contributed by atoms with Crippen LogP contribution >= 0.6 is 34.5 Å².